The molecule has 1 unspecified atom stereocenters. The number of nitrogens with zero attached hydrogens (tertiary/aromatic N) is 1. The predicted molar refractivity (Wildman–Crippen MR) is 75.3 cm³/mol. The molecule has 0 saturated carbocycles. The van der Waals surface area contributed by atoms with Crippen LogP contribution in [0.15, 0.2) is 18.2 Å². The van der Waals surface area contributed by atoms with Gasteiger partial charge in [-0.25, -0.2) is 4.39 Å². The van der Waals surface area contributed by atoms with Crippen LogP contribution in [-0.4, -0.2) is 31.4 Å². The SMILES string of the molecule is CCC(CNC)C(=O)N(C)Cc1ccc(F)c(C)c1. The van der Waals surface area contributed by atoms with Crippen molar-refractivity contribution < 1.29 is 9.18 Å². The Morgan fingerprint density at radius 1 is 1.47 bits per heavy atom. The zero-order valence-corrected chi connectivity index (χ0v) is 12.2. The van der Waals surface area contributed by atoms with Gasteiger partial charge in [-0.2, -0.15) is 0 Å². The van der Waals surface area contributed by atoms with Crippen molar-refractivity contribution in [3.05, 3.63) is 35.1 Å². The molecule has 0 aliphatic heterocycles. The molecule has 1 aromatic rings. The van der Waals surface area contributed by atoms with Crippen LogP contribution in [0.5, 0.6) is 0 Å². The Hall–Kier alpha value is -1.42. The maximum absolute atomic E-state index is 13.2. The smallest absolute Gasteiger partial charge is 0.226 e. The monoisotopic (exact) mass is 266 g/mol. The molecule has 0 radical (unpaired) electrons. The summed E-state index contributed by atoms with van der Waals surface area (Å²) in [5.41, 5.74) is 1.56. The summed E-state index contributed by atoms with van der Waals surface area (Å²) in [6.45, 7) is 4.94. The molecule has 1 aromatic carbocycles. The van der Waals surface area contributed by atoms with Crippen LogP contribution >= 0.6 is 0 Å². The number of rotatable bonds is 6. The Morgan fingerprint density at radius 3 is 2.68 bits per heavy atom. The number of nitrogens with one attached hydrogen (secondary N) is 1. The minimum absolute atomic E-state index is 0.00320. The second-order valence-corrected chi connectivity index (χ2v) is 4.94. The van der Waals surface area contributed by atoms with E-state index in [1.165, 1.54) is 6.07 Å². The molecular weight excluding hydrogens is 243 g/mol. The van der Waals surface area contributed by atoms with Crippen molar-refractivity contribution >= 4 is 5.91 Å². The molecule has 0 aromatic heterocycles. The molecule has 3 nitrogen and oxygen atoms in total. The minimum atomic E-state index is -0.209. The standard InChI is InChI=1S/C15H23FN2O/c1-5-13(9-17-3)15(19)18(4)10-12-6-7-14(16)11(2)8-12/h6-8,13,17H,5,9-10H2,1-4H3. The van der Waals surface area contributed by atoms with Crippen molar-refractivity contribution in [2.75, 3.05) is 20.6 Å². The van der Waals surface area contributed by atoms with Gasteiger partial charge in [-0.15, -0.1) is 0 Å². The minimum Gasteiger partial charge on any atom is -0.341 e. The Balaban J connectivity index is 2.69. The summed E-state index contributed by atoms with van der Waals surface area (Å²) in [5, 5.41) is 3.04. The van der Waals surface area contributed by atoms with Crippen LogP contribution in [0.4, 0.5) is 4.39 Å². The Kier molecular flexibility index (Phi) is 5.96. The molecule has 1 rings (SSSR count). The van der Waals surface area contributed by atoms with Crippen LogP contribution in [-0.2, 0) is 11.3 Å². The van der Waals surface area contributed by atoms with Gasteiger partial charge in [0.05, 0.1) is 5.92 Å². The highest BCUT2D eigenvalue weighted by atomic mass is 19.1. The van der Waals surface area contributed by atoms with Gasteiger partial charge in [-0.3, -0.25) is 4.79 Å². The third-order valence-corrected chi connectivity index (χ3v) is 3.31. The first-order valence-corrected chi connectivity index (χ1v) is 6.64. The van der Waals surface area contributed by atoms with E-state index in [-0.39, 0.29) is 17.6 Å². The average Bonchev–Trinajstić information content (AvgIpc) is 2.39. The van der Waals surface area contributed by atoms with Crippen LogP contribution < -0.4 is 5.32 Å². The van der Waals surface area contributed by atoms with E-state index >= 15 is 0 Å². The summed E-state index contributed by atoms with van der Waals surface area (Å²) >= 11 is 0. The lowest BCUT2D eigenvalue weighted by Gasteiger charge is -2.23. The van der Waals surface area contributed by atoms with Gasteiger partial charge in [-0.1, -0.05) is 19.1 Å². The fourth-order valence-electron chi connectivity index (χ4n) is 2.12. The molecule has 4 heteroatoms. The van der Waals surface area contributed by atoms with Gasteiger partial charge in [0, 0.05) is 20.1 Å². The van der Waals surface area contributed by atoms with Crippen molar-refractivity contribution in [1.29, 1.82) is 0 Å². The van der Waals surface area contributed by atoms with Gasteiger partial charge in [0.2, 0.25) is 5.91 Å². The first-order chi connectivity index (χ1) is 8.99. The molecule has 1 atom stereocenters. The molecule has 19 heavy (non-hydrogen) atoms. The molecule has 0 spiro atoms. The van der Waals surface area contributed by atoms with E-state index in [0.717, 1.165) is 12.0 Å². The number of aryl methyl sites for hydroxylation is 1. The molecular formula is C15H23FN2O. The summed E-state index contributed by atoms with van der Waals surface area (Å²) in [7, 11) is 3.64. The lowest BCUT2D eigenvalue weighted by molar-refractivity contribution is -0.134. The third kappa shape index (κ3) is 4.31. The fraction of sp³-hybridized carbons (Fsp3) is 0.533. The molecule has 0 fully saturated rings. The van der Waals surface area contributed by atoms with E-state index in [9.17, 15) is 9.18 Å². The molecule has 106 valence electrons. The van der Waals surface area contributed by atoms with Crippen LogP contribution in [0.2, 0.25) is 0 Å². The number of amides is 1. The average molecular weight is 266 g/mol. The maximum Gasteiger partial charge on any atom is 0.226 e. The van der Waals surface area contributed by atoms with Crippen molar-refractivity contribution in [3.8, 4) is 0 Å². The second kappa shape index (κ2) is 7.24. The molecule has 0 saturated heterocycles. The van der Waals surface area contributed by atoms with E-state index in [1.807, 2.05) is 14.0 Å². The summed E-state index contributed by atoms with van der Waals surface area (Å²) in [5.74, 6) is -0.0882. The van der Waals surface area contributed by atoms with Crippen molar-refractivity contribution in [1.82, 2.24) is 10.2 Å². The van der Waals surface area contributed by atoms with Crippen molar-refractivity contribution in [2.24, 2.45) is 5.92 Å². The van der Waals surface area contributed by atoms with Crippen LogP contribution in [0, 0.1) is 18.7 Å². The number of benzene rings is 1. The summed E-state index contributed by atoms with van der Waals surface area (Å²) < 4.78 is 13.2. The van der Waals surface area contributed by atoms with E-state index in [2.05, 4.69) is 5.32 Å². The van der Waals surface area contributed by atoms with Crippen LogP contribution in [0.1, 0.15) is 24.5 Å². The van der Waals surface area contributed by atoms with E-state index in [4.69, 9.17) is 0 Å². The highest BCUT2D eigenvalue weighted by molar-refractivity contribution is 5.78. The zero-order chi connectivity index (χ0) is 14.4. The molecule has 0 aliphatic carbocycles. The van der Waals surface area contributed by atoms with Gasteiger partial charge in [0.15, 0.2) is 0 Å². The lowest BCUT2D eigenvalue weighted by atomic mass is 10.0. The Labute approximate surface area is 114 Å². The van der Waals surface area contributed by atoms with Gasteiger partial charge < -0.3 is 10.2 Å². The highest BCUT2D eigenvalue weighted by Crippen LogP contribution is 2.13. The summed E-state index contributed by atoms with van der Waals surface area (Å²) in [6, 6.07) is 4.97. The first-order valence-electron chi connectivity index (χ1n) is 6.64. The number of hydrogen-bond donors (Lipinski definition) is 1. The number of carbonyl (C=O) groups excluding carboxylic acids is 1. The van der Waals surface area contributed by atoms with E-state index in [1.54, 1.807) is 31.0 Å². The number of carbonyl (C=O) groups is 1. The zero-order valence-electron chi connectivity index (χ0n) is 12.2. The molecule has 0 heterocycles. The Morgan fingerprint density at radius 2 is 2.16 bits per heavy atom. The molecule has 1 N–H and O–H groups in total. The van der Waals surface area contributed by atoms with Gasteiger partial charge >= 0.3 is 0 Å². The van der Waals surface area contributed by atoms with Gasteiger partial charge in [0.1, 0.15) is 5.82 Å². The van der Waals surface area contributed by atoms with E-state index < -0.39 is 0 Å². The second-order valence-electron chi connectivity index (χ2n) is 4.94. The summed E-state index contributed by atoms with van der Waals surface area (Å²) in [6.07, 6.45) is 0.812. The number of halogens is 1. The largest absolute Gasteiger partial charge is 0.341 e. The highest BCUT2D eigenvalue weighted by Gasteiger charge is 2.19. The fourth-order valence-corrected chi connectivity index (χ4v) is 2.12. The summed E-state index contributed by atoms with van der Waals surface area (Å²) in [4.78, 5) is 13.9. The van der Waals surface area contributed by atoms with E-state index in [0.29, 0.717) is 18.7 Å². The predicted octanol–water partition coefficient (Wildman–Crippen LogP) is 2.34. The van der Waals surface area contributed by atoms with Crippen LogP contribution in [0.3, 0.4) is 0 Å². The lowest BCUT2D eigenvalue weighted by Crippen LogP contribution is -2.36. The molecule has 1 amide bonds. The topological polar surface area (TPSA) is 32.3 Å². The Bertz CT molecular complexity index is 434. The molecule has 0 aliphatic rings. The molecule has 0 bridgehead atoms. The van der Waals surface area contributed by atoms with Gasteiger partial charge in [0.25, 0.3) is 0 Å². The van der Waals surface area contributed by atoms with Gasteiger partial charge in [-0.05, 0) is 37.6 Å². The maximum atomic E-state index is 13.2. The quantitative estimate of drug-likeness (QED) is 0.857. The number of hydrogen-bond acceptors (Lipinski definition) is 2. The third-order valence-electron chi connectivity index (χ3n) is 3.31. The van der Waals surface area contributed by atoms with Crippen molar-refractivity contribution in [3.63, 3.8) is 0 Å². The van der Waals surface area contributed by atoms with Crippen LogP contribution in [0.25, 0.3) is 0 Å². The normalized spacial score (nSPS) is 12.3. The van der Waals surface area contributed by atoms with Crippen molar-refractivity contribution in [2.45, 2.75) is 26.8 Å². The first kappa shape index (κ1) is 15.6.